The smallest absolute Gasteiger partial charge is 0.310 e. The van der Waals surface area contributed by atoms with E-state index in [9.17, 15) is 22.2 Å². The standard InChI is InChI=1S/C15H15F3N2O2S/c1-9-3-4-10(2)11(5-9)7-23(22)8-13-19-12(15(16,17)18)6-14(21)20-13/h3-6H,7-8H2,1-2H3,(H,19,20,21). The second-order valence-corrected chi connectivity index (χ2v) is 6.69. The molecule has 1 unspecified atom stereocenters. The summed E-state index contributed by atoms with van der Waals surface area (Å²) in [6.07, 6.45) is -4.71. The lowest BCUT2D eigenvalue weighted by Gasteiger charge is -2.09. The molecular weight excluding hydrogens is 329 g/mol. The highest BCUT2D eigenvalue weighted by molar-refractivity contribution is 7.83. The van der Waals surface area contributed by atoms with Gasteiger partial charge in [0.2, 0.25) is 0 Å². The van der Waals surface area contributed by atoms with Gasteiger partial charge in [0.25, 0.3) is 5.56 Å². The van der Waals surface area contributed by atoms with Gasteiger partial charge < -0.3 is 4.98 Å². The molecule has 0 aliphatic carbocycles. The SMILES string of the molecule is Cc1ccc(C)c(CS(=O)Cc2nc(C(F)(F)F)cc(=O)[nH]2)c1. The van der Waals surface area contributed by atoms with Gasteiger partial charge in [0, 0.05) is 22.6 Å². The maximum atomic E-state index is 12.6. The highest BCUT2D eigenvalue weighted by Crippen LogP contribution is 2.26. The summed E-state index contributed by atoms with van der Waals surface area (Å²) in [4.78, 5) is 16.9. The van der Waals surface area contributed by atoms with Crippen LogP contribution in [0.1, 0.15) is 28.2 Å². The largest absolute Gasteiger partial charge is 0.433 e. The molecule has 0 radical (unpaired) electrons. The Labute approximate surface area is 133 Å². The van der Waals surface area contributed by atoms with Crippen molar-refractivity contribution in [3.63, 3.8) is 0 Å². The number of aryl methyl sites for hydroxylation is 2. The molecule has 0 saturated carbocycles. The first kappa shape index (κ1) is 17.4. The van der Waals surface area contributed by atoms with Crippen molar-refractivity contribution in [2.24, 2.45) is 0 Å². The third-order valence-corrected chi connectivity index (χ3v) is 4.43. The topological polar surface area (TPSA) is 62.8 Å². The van der Waals surface area contributed by atoms with E-state index in [1.54, 1.807) is 0 Å². The fourth-order valence-corrected chi connectivity index (χ4v) is 3.26. The van der Waals surface area contributed by atoms with Crippen molar-refractivity contribution in [1.29, 1.82) is 0 Å². The van der Waals surface area contributed by atoms with Crippen LogP contribution >= 0.6 is 0 Å². The van der Waals surface area contributed by atoms with Crippen LogP contribution in [0.15, 0.2) is 29.1 Å². The van der Waals surface area contributed by atoms with Gasteiger partial charge in [-0.1, -0.05) is 23.8 Å². The van der Waals surface area contributed by atoms with Crippen LogP contribution in [0.3, 0.4) is 0 Å². The van der Waals surface area contributed by atoms with Crippen molar-refractivity contribution in [3.8, 4) is 0 Å². The minimum Gasteiger partial charge on any atom is -0.310 e. The molecule has 2 aromatic rings. The van der Waals surface area contributed by atoms with Crippen molar-refractivity contribution >= 4 is 10.8 Å². The average Bonchev–Trinajstić information content (AvgIpc) is 2.41. The number of hydrogen-bond donors (Lipinski definition) is 1. The number of rotatable bonds is 4. The monoisotopic (exact) mass is 344 g/mol. The Balaban J connectivity index is 2.19. The Morgan fingerprint density at radius 3 is 2.52 bits per heavy atom. The van der Waals surface area contributed by atoms with E-state index in [-0.39, 0.29) is 17.3 Å². The van der Waals surface area contributed by atoms with E-state index in [4.69, 9.17) is 0 Å². The van der Waals surface area contributed by atoms with Crippen molar-refractivity contribution in [3.05, 3.63) is 62.8 Å². The first-order chi connectivity index (χ1) is 10.6. The van der Waals surface area contributed by atoms with E-state index in [0.29, 0.717) is 6.07 Å². The maximum Gasteiger partial charge on any atom is 0.433 e. The van der Waals surface area contributed by atoms with Gasteiger partial charge in [0.15, 0.2) is 5.69 Å². The number of hydrogen-bond acceptors (Lipinski definition) is 3. The number of aromatic nitrogens is 2. The average molecular weight is 344 g/mol. The van der Waals surface area contributed by atoms with E-state index < -0.39 is 28.2 Å². The van der Waals surface area contributed by atoms with Crippen LogP contribution in [0.4, 0.5) is 13.2 Å². The van der Waals surface area contributed by atoms with Gasteiger partial charge in [-0.05, 0) is 25.0 Å². The molecule has 1 N–H and O–H groups in total. The summed E-state index contributed by atoms with van der Waals surface area (Å²) in [7, 11) is -1.48. The van der Waals surface area contributed by atoms with Gasteiger partial charge in [0.05, 0.1) is 5.75 Å². The van der Waals surface area contributed by atoms with E-state index in [1.165, 1.54) is 0 Å². The van der Waals surface area contributed by atoms with Crippen LogP contribution in [0.25, 0.3) is 0 Å². The van der Waals surface area contributed by atoms with Crippen molar-refractivity contribution in [2.45, 2.75) is 31.5 Å². The van der Waals surface area contributed by atoms with Crippen LogP contribution in [-0.2, 0) is 28.5 Å². The van der Waals surface area contributed by atoms with Crippen LogP contribution < -0.4 is 5.56 Å². The molecule has 0 fully saturated rings. The fourth-order valence-electron chi connectivity index (χ4n) is 2.05. The summed E-state index contributed by atoms with van der Waals surface area (Å²) in [5, 5.41) is 0. The van der Waals surface area contributed by atoms with E-state index in [1.807, 2.05) is 32.0 Å². The first-order valence-electron chi connectivity index (χ1n) is 6.73. The summed E-state index contributed by atoms with van der Waals surface area (Å²) in [5.41, 5.74) is 0.631. The van der Waals surface area contributed by atoms with Crippen LogP contribution in [0.2, 0.25) is 0 Å². The van der Waals surface area contributed by atoms with Crippen LogP contribution in [-0.4, -0.2) is 14.2 Å². The number of H-pyrrole nitrogens is 1. The Bertz CT molecular complexity index is 800. The lowest BCUT2D eigenvalue weighted by atomic mass is 10.1. The fraction of sp³-hybridized carbons (Fsp3) is 0.333. The lowest BCUT2D eigenvalue weighted by Crippen LogP contribution is -2.19. The zero-order valence-corrected chi connectivity index (χ0v) is 13.3. The number of aromatic amines is 1. The highest BCUT2D eigenvalue weighted by atomic mass is 32.2. The minimum atomic E-state index is -4.71. The zero-order chi connectivity index (χ0) is 17.2. The van der Waals surface area contributed by atoms with Crippen molar-refractivity contribution in [1.82, 2.24) is 9.97 Å². The molecule has 1 heterocycles. The number of nitrogens with one attached hydrogen (secondary N) is 1. The molecule has 1 aromatic heterocycles. The summed E-state index contributed by atoms with van der Waals surface area (Å²) >= 11 is 0. The molecule has 0 spiro atoms. The van der Waals surface area contributed by atoms with Crippen LogP contribution in [0.5, 0.6) is 0 Å². The molecule has 0 bridgehead atoms. The van der Waals surface area contributed by atoms with Gasteiger partial charge in [-0.25, -0.2) is 4.98 Å². The van der Waals surface area contributed by atoms with Crippen LogP contribution in [0, 0.1) is 13.8 Å². The Hall–Kier alpha value is -1.96. The molecule has 0 amide bonds. The molecule has 1 aromatic carbocycles. The molecule has 0 saturated heterocycles. The summed E-state index contributed by atoms with van der Waals surface area (Å²) in [5.74, 6) is -0.284. The molecule has 2 rings (SSSR count). The summed E-state index contributed by atoms with van der Waals surface area (Å²) < 4.78 is 50.1. The normalized spacial score (nSPS) is 13.1. The Morgan fingerprint density at radius 2 is 1.87 bits per heavy atom. The first-order valence-corrected chi connectivity index (χ1v) is 8.22. The second kappa shape index (κ2) is 6.66. The molecule has 0 aliphatic rings. The van der Waals surface area contributed by atoms with Gasteiger partial charge in [-0.3, -0.25) is 9.00 Å². The predicted molar refractivity (Wildman–Crippen MR) is 81.3 cm³/mol. The third kappa shape index (κ3) is 4.75. The molecule has 8 heteroatoms. The van der Waals surface area contributed by atoms with Crippen molar-refractivity contribution < 1.29 is 17.4 Å². The second-order valence-electron chi connectivity index (χ2n) is 5.23. The van der Waals surface area contributed by atoms with Gasteiger partial charge >= 0.3 is 6.18 Å². The molecule has 1 atom stereocenters. The minimum absolute atomic E-state index is 0.188. The molecule has 124 valence electrons. The number of nitrogens with zero attached hydrogens (tertiary/aromatic N) is 1. The molecule has 4 nitrogen and oxygen atoms in total. The quantitative estimate of drug-likeness (QED) is 0.928. The van der Waals surface area contributed by atoms with Gasteiger partial charge in [-0.15, -0.1) is 0 Å². The Morgan fingerprint density at radius 1 is 1.17 bits per heavy atom. The molecule has 23 heavy (non-hydrogen) atoms. The zero-order valence-electron chi connectivity index (χ0n) is 12.5. The highest BCUT2D eigenvalue weighted by Gasteiger charge is 2.33. The predicted octanol–water partition coefficient (Wildman–Crippen LogP) is 2.85. The van der Waals surface area contributed by atoms with E-state index in [2.05, 4.69) is 9.97 Å². The number of benzene rings is 1. The van der Waals surface area contributed by atoms with E-state index in [0.717, 1.165) is 16.7 Å². The lowest BCUT2D eigenvalue weighted by molar-refractivity contribution is -0.141. The summed E-state index contributed by atoms with van der Waals surface area (Å²) in [6.45, 7) is 3.77. The third-order valence-electron chi connectivity index (χ3n) is 3.20. The molecule has 0 aliphatic heterocycles. The van der Waals surface area contributed by atoms with Crippen molar-refractivity contribution in [2.75, 3.05) is 0 Å². The summed E-state index contributed by atoms with van der Waals surface area (Å²) in [6, 6.07) is 6.09. The number of alkyl halides is 3. The maximum absolute atomic E-state index is 12.6. The van der Waals surface area contributed by atoms with Gasteiger partial charge in [-0.2, -0.15) is 13.2 Å². The van der Waals surface area contributed by atoms with Gasteiger partial charge in [0.1, 0.15) is 5.82 Å². The Kier molecular flexibility index (Phi) is 5.03. The van der Waals surface area contributed by atoms with E-state index >= 15 is 0 Å². The molecular formula is C15H15F3N2O2S. The number of halogens is 3.